The monoisotopic (exact) mass is 309 g/mol. The normalized spacial score (nSPS) is 19.8. The van der Waals surface area contributed by atoms with Gasteiger partial charge in [-0.25, -0.2) is 0 Å². The molecule has 0 unspecified atom stereocenters. The molecular weight excluding hydrogens is 282 g/mol. The van der Waals surface area contributed by atoms with Crippen molar-refractivity contribution < 1.29 is 0 Å². The van der Waals surface area contributed by atoms with E-state index in [1.54, 1.807) is 0 Å². The highest BCUT2D eigenvalue weighted by molar-refractivity contribution is 5.16. The van der Waals surface area contributed by atoms with Crippen molar-refractivity contribution in [3.63, 3.8) is 0 Å². The minimum Gasteiger partial charge on any atom is -0.330 e. The summed E-state index contributed by atoms with van der Waals surface area (Å²) in [6.07, 6.45) is 1.07. The van der Waals surface area contributed by atoms with Crippen molar-refractivity contribution in [1.29, 1.82) is 0 Å². The lowest BCUT2D eigenvalue weighted by molar-refractivity contribution is 0.0608. The molecule has 3 heteroatoms. The van der Waals surface area contributed by atoms with Crippen molar-refractivity contribution in [1.82, 2.24) is 9.80 Å². The highest BCUT2D eigenvalue weighted by Crippen LogP contribution is 2.18. The Labute approximate surface area is 139 Å². The van der Waals surface area contributed by atoms with Crippen molar-refractivity contribution in [2.75, 3.05) is 26.2 Å². The van der Waals surface area contributed by atoms with E-state index in [2.05, 4.69) is 70.5 Å². The van der Waals surface area contributed by atoms with Gasteiger partial charge in [0.15, 0.2) is 0 Å². The third kappa shape index (κ3) is 4.64. The van der Waals surface area contributed by atoms with E-state index < -0.39 is 0 Å². The van der Waals surface area contributed by atoms with Crippen LogP contribution in [0.5, 0.6) is 0 Å². The SMILES string of the molecule is NCC[C@@H]1CN(Cc2ccccc2)CCN1Cc1ccccc1. The van der Waals surface area contributed by atoms with Crippen LogP contribution < -0.4 is 5.73 Å². The molecule has 23 heavy (non-hydrogen) atoms. The Hall–Kier alpha value is -1.68. The number of benzene rings is 2. The number of hydrogen-bond donors (Lipinski definition) is 1. The Morgan fingerprint density at radius 3 is 2.04 bits per heavy atom. The second kappa shape index (κ2) is 8.25. The Bertz CT molecular complexity index is 570. The van der Waals surface area contributed by atoms with Crippen LogP contribution in [0.1, 0.15) is 17.5 Å². The van der Waals surface area contributed by atoms with Crippen molar-refractivity contribution in [2.45, 2.75) is 25.6 Å². The molecule has 0 amide bonds. The minimum atomic E-state index is 0.553. The van der Waals surface area contributed by atoms with Crippen molar-refractivity contribution in [3.05, 3.63) is 71.8 Å². The quantitative estimate of drug-likeness (QED) is 0.890. The number of piperazine rings is 1. The molecule has 1 aliphatic heterocycles. The highest BCUT2D eigenvalue weighted by atomic mass is 15.3. The van der Waals surface area contributed by atoms with Crippen molar-refractivity contribution in [2.24, 2.45) is 5.73 Å². The number of rotatable bonds is 6. The molecule has 0 radical (unpaired) electrons. The third-order valence-corrected chi connectivity index (χ3v) is 4.67. The van der Waals surface area contributed by atoms with Gasteiger partial charge >= 0.3 is 0 Å². The molecule has 0 aromatic heterocycles. The largest absolute Gasteiger partial charge is 0.330 e. The molecule has 1 heterocycles. The van der Waals surface area contributed by atoms with Crippen molar-refractivity contribution >= 4 is 0 Å². The Morgan fingerprint density at radius 2 is 1.43 bits per heavy atom. The average molecular weight is 309 g/mol. The molecule has 3 nitrogen and oxygen atoms in total. The topological polar surface area (TPSA) is 32.5 Å². The van der Waals surface area contributed by atoms with Gasteiger partial charge in [0, 0.05) is 38.8 Å². The summed E-state index contributed by atoms with van der Waals surface area (Å²) in [5.74, 6) is 0. The number of nitrogens with zero attached hydrogens (tertiary/aromatic N) is 2. The van der Waals surface area contributed by atoms with Gasteiger partial charge in [-0.3, -0.25) is 9.80 Å². The van der Waals surface area contributed by atoms with Crippen LogP contribution in [0.4, 0.5) is 0 Å². The van der Waals surface area contributed by atoms with Gasteiger partial charge in [0.2, 0.25) is 0 Å². The fourth-order valence-corrected chi connectivity index (χ4v) is 3.43. The van der Waals surface area contributed by atoms with Crippen LogP contribution in [0.25, 0.3) is 0 Å². The molecule has 2 N–H and O–H groups in total. The lowest BCUT2D eigenvalue weighted by Gasteiger charge is -2.41. The molecule has 1 fully saturated rings. The first-order valence-corrected chi connectivity index (χ1v) is 8.59. The highest BCUT2D eigenvalue weighted by Gasteiger charge is 2.26. The third-order valence-electron chi connectivity index (χ3n) is 4.67. The van der Waals surface area contributed by atoms with Crippen molar-refractivity contribution in [3.8, 4) is 0 Å². The van der Waals surface area contributed by atoms with Crippen LogP contribution in [0, 0.1) is 0 Å². The van der Waals surface area contributed by atoms with E-state index in [0.717, 1.165) is 45.7 Å². The van der Waals surface area contributed by atoms with E-state index >= 15 is 0 Å². The van der Waals surface area contributed by atoms with Gasteiger partial charge in [-0.05, 0) is 24.1 Å². The van der Waals surface area contributed by atoms with Gasteiger partial charge < -0.3 is 5.73 Å². The summed E-state index contributed by atoms with van der Waals surface area (Å²) in [4.78, 5) is 5.17. The van der Waals surface area contributed by atoms with Gasteiger partial charge in [0.05, 0.1) is 0 Å². The molecule has 1 aliphatic rings. The lowest BCUT2D eigenvalue weighted by atomic mass is 10.1. The van der Waals surface area contributed by atoms with Crippen LogP contribution in [-0.4, -0.2) is 42.0 Å². The average Bonchev–Trinajstić information content (AvgIpc) is 2.59. The van der Waals surface area contributed by atoms with Crippen LogP contribution in [0.15, 0.2) is 60.7 Å². The zero-order valence-electron chi connectivity index (χ0n) is 13.8. The molecule has 0 aliphatic carbocycles. The van der Waals surface area contributed by atoms with Gasteiger partial charge in [-0.2, -0.15) is 0 Å². The van der Waals surface area contributed by atoms with E-state index in [1.165, 1.54) is 11.1 Å². The first-order valence-electron chi connectivity index (χ1n) is 8.59. The van der Waals surface area contributed by atoms with Crippen LogP contribution >= 0.6 is 0 Å². The maximum atomic E-state index is 5.87. The van der Waals surface area contributed by atoms with Gasteiger partial charge in [0.1, 0.15) is 0 Å². The summed E-state index contributed by atoms with van der Waals surface area (Å²) in [6, 6.07) is 22.1. The summed E-state index contributed by atoms with van der Waals surface area (Å²) >= 11 is 0. The smallest absolute Gasteiger partial charge is 0.0239 e. The second-order valence-corrected chi connectivity index (χ2v) is 6.41. The predicted octanol–water partition coefficient (Wildman–Crippen LogP) is 2.72. The van der Waals surface area contributed by atoms with Crippen LogP contribution in [-0.2, 0) is 13.1 Å². The zero-order valence-corrected chi connectivity index (χ0v) is 13.8. The molecular formula is C20H27N3. The first-order chi connectivity index (χ1) is 11.3. The fourth-order valence-electron chi connectivity index (χ4n) is 3.43. The molecule has 1 saturated heterocycles. The minimum absolute atomic E-state index is 0.553. The molecule has 3 rings (SSSR count). The molecule has 2 aromatic rings. The van der Waals surface area contributed by atoms with E-state index in [4.69, 9.17) is 5.73 Å². The predicted molar refractivity (Wildman–Crippen MR) is 96.0 cm³/mol. The lowest BCUT2D eigenvalue weighted by Crippen LogP contribution is -2.52. The molecule has 0 saturated carbocycles. The molecule has 2 aromatic carbocycles. The van der Waals surface area contributed by atoms with Crippen LogP contribution in [0.3, 0.4) is 0 Å². The Balaban J connectivity index is 1.61. The Morgan fingerprint density at radius 1 is 0.826 bits per heavy atom. The maximum absolute atomic E-state index is 5.87. The first kappa shape index (κ1) is 16.2. The Kier molecular flexibility index (Phi) is 5.81. The van der Waals surface area contributed by atoms with E-state index in [1.807, 2.05) is 0 Å². The summed E-state index contributed by atoms with van der Waals surface area (Å²) in [5.41, 5.74) is 8.66. The summed E-state index contributed by atoms with van der Waals surface area (Å²) < 4.78 is 0. The number of hydrogen-bond acceptors (Lipinski definition) is 3. The standard InChI is InChI=1S/C20H27N3/c21-12-11-20-17-22(15-18-7-3-1-4-8-18)13-14-23(20)16-19-9-5-2-6-10-19/h1-10,20H,11-17,21H2/t20-/m1/s1. The molecule has 122 valence electrons. The molecule has 1 atom stereocenters. The molecule has 0 spiro atoms. The zero-order chi connectivity index (χ0) is 15.9. The fraction of sp³-hybridized carbons (Fsp3) is 0.400. The van der Waals surface area contributed by atoms with Gasteiger partial charge in [0.25, 0.3) is 0 Å². The van der Waals surface area contributed by atoms with E-state index in [0.29, 0.717) is 6.04 Å². The summed E-state index contributed by atoms with van der Waals surface area (Å²) in [6.45, 7) is 6.19. The van der Waals surface area contributed by atoms with Gasteiger partial charge in [-0.15, -0.1) is 0 Å². The van der Waals surface area contributed by atoms with E-state index in [-0.39, 0.29) is 0 Å². The maximum Gasteiger partial charge on any atom is 0.0239 e. The van der Waals surface area contributed by atoms with Gasteiger partial charge in [-0.1, -0.05) is 60.7 Å². The van der Waals surface area contributed by atoms with E-state index in [9.17, 15) is 0 Å². The molecule has 0 bridgehead atoms. The summed E-state index contributed by atoms with van der Waals surface area (Å²) in [7, 11) is 0. The van der Waals surface area contributed by atoms with Crippen LogP contribution in [0.2, 0.25) is 0 Å². The second-order valence-electron chi connectivity index (χ2n) is 6.41. The summed E-state index contributed by atoms with van der Waals surface area (Å²) in [5, 5.41) is 0. The number of nitrogens with two attached hydrogens (primary N) is 1.